The average Bonchev–Trinajstić information content (AvgIpc) is 2.42. The van der Waals surface area contributed by atoms with Crippen molar-refractivity contribution in [3.05, 3.63) is 58.9 Å². The number of carbonyl (C=O) groups excluding carboxylic acids is 2. The third-order valence-electron chi connectivity index (χ3n) is 2.86. The van der Waals surface area contributed by atoms with Crippen LogP contribution in [0.2, 0.25) is 0 Å². The molecule has 90 valence electrons. The molecule has 0 aromatic heterocycles. The van der Waals surface area contributed by atoms with Crippen LogP contribution in [0.15, 0.2) is 36.4 Å². The Bertz CT molecular complexity index is 601. The minimum atomic E-state index is -0.408. The van der Waals surface area contributed by atoms with Gasteiger partial charge in [-0.2, -0.15) is 0 Å². The van der Waals surface area contributed by atoms with Gasteiger partial charge >= 0.3 is 0 Å². The summed E-state index contributed by atoms with van der Waals surface area (Å²) in [5.41, 5.74) is 2.78. The second kappa shape index (κ2) is 4.92. The summed E-state index contributed by atoms with van der Waals surface area (Å²) < 4.78 is 13.6. The summed E-state index contributed by atoms with van der Waals surface area (Å²) in [6.45, 7) is 1.66. The van der Waals surface area contributed by atoms with E-state index in [1.165, 1.54) is 6.07 Å². The van der Waals surface area contributed by atoms with Gasteiger partial charge in [0.05, 0.1) is 0 Å². The van der Waals surface area contributed by atoms with Gasteiger partial charge in [0.15, 0.2) is 0 Å². The number of rotatable bonds is 3. The van der Waals surface area contributed by atoms with E-state index in [0.29, 0.717) is 28.5 Å². The number of aldehydes is 2. The van der Waals surface area contributed by atoms with Crippen molar-refractivity contribution in [2.45, 2.75) is 6.92 Å². The van der Waals surface area contributed by atoms with Crippen molar-refractivity contribution in [2.75, 3.05) is 0 Å². The Morgan fingerprint density at radius 2 is 1.56 bits per heavy atom. The molecule has 2 rings (SSSR count). The van der Waals surface area contributed by atoms with E-state index in [2.05, 4.69) is 0 Å². The molecule has 0 fully saturated rings. The first kappa shape index (κ1) is 12.2. The van der Waals surface area contributed by atoms with E-state index in [9.17, 15) is 14.0 Å². The molecule has 0 saturated heterocycles. The van der Waals surface area contributed by atoms with E-state index in [4.69, 9.17) is 0 Å². The average molecular weight is 242 g/mol. The van der Waals surface area contributed by atoms with E-state index in [1.807, 2.05) is 0 Å². The highest BCUT2D eigenvalue weighted by Gasteiger charge is 2.08. The second-order valence-electron chi connectivity index (χ2n) is 4.03. The molecule has 3 heteroatoms. The van der Waals surface area contributed by atoms with Crippen molar-refractivity contribution in [3.8, 4) is 11.1 Å². The van der Waals surface area contributed by atoms with Gasteiger partial charge in [0.2, 0.25) is 0 Å². The highest BCUT2D eigenvalue weighted by atomic mass is 19.1. The van der Waals surface area contributed by atoms with Crippen LogP contribution in [-0.2, 0) is 0 Å². The summed E-state index contributed by atoms with van der Waals surface area (Å²) in [5.74, 6) is -0.408. The van der Waals surface area contributed by atoms with E-state index in [-0.39, 0.29) is 0 Å². The van der Waals surface area contributed by atoms with Crippen LogP contribution < -0.4 is 0 Å². The minimum absolute atomic E-state index is 0.299. The predicted molar refractivity (Wildman–Crippen MR) is 67.3 cm³/mol. The Kier molecular flexibility index (Phi) is 3.33. The van der Waals surface area contributed by atoms with Gasteiger partial charge in [0.1, 0.15) is 18.4 Å². The zero-order valence-corrected chi connectivity index (χ0v) is 9.81. The largest absolute Gasteiger partial charge is 0.298 e. The summed E-state index contributed by atoms with van der Waals surface area (Å²) in [7, 11) is 0. The first-order chi connectivity index (χ1) is 8.65. The molecule has 0 spiro atoms. The third kappa shape index (κ3) is 2.20. The molecule has 2 aromatic carbocycles. The number of benzene rings is 2. The van der Waals surface area contributed by atoms with Gasteiger partial charge in [-0.05, 0) is 35.7 Å². The standard InChI is InChI=1S/C15H11FO2/c1-10-14(6-12(9-18)7-15(10)16)13-4-2-11(8-17)3-5-13/h2-9H,1H3. The van der Waals surface area contributed by atoms with Crippen LogP contribution in [0.4, 0.5) is 4.39 Å². The van der Waals surface area contributed by atoms with Gasteiger partial charge < -0.3 is 0 Å². The molecule has 0 heterocycles. The number of halogens is 1. The first-order valence-electron chi connectivity index (χ1n) is 5.46. The van der Waals surface area contributed by atoms with Crippen molar-refractivity contribution in [1.82, 2.24) is 0 Å². The van der Waals surface area contributed by atoms with E-state index >= 15 is 0 Å². The fourth-order valence-electron chi connectivity index (χ4n) is 1.81. The SMILES string of the molecule is Cc1c(F)cc(C=O)cc1-c1ccc(C=O)cc1. The molecule has 0 aliphatic rings. The topological polar surface area (TPSA) is 34.1 Å². The summed E-state index contributed by atoms with van der Waals surface area (Å²) in [6.07, 6.45) is 1.37. The lowest BCUT2D eigenvalue weighted by atomic mass is 9.97. The van der Waals surface area contributed by atoms with Gasteiger partial charge in [0, 0.05) is 11.1 Å². The molecule has 0 amide bonds. The Morgan fingerprint density at radius 1 is 0.944 bits per heavy atom. The molecule has 0 bridgehead atoms. The lowest BCUT2D eigenvalue weighted by Gasteiger charge is -2.08. The Morgan fingerprint density at radius 3 is 2.11 bits per heavy atom. The molecule has 0 unspecified atom stereocenters. The van der Waals surface area contributed by atoms with Crippen LogP contribution in [0.5, 0.6) is 0 Å². The van der Waals surface area contributed by atoms with Crippen molar-refractivity contribution < 1.29 is 14.0 Å². The summed E-state index contributed by atoms with van der Waals surface area (Å²) in [6, 6.07) is 9.65. The summed E-state index contributed by atoms with van der Waals surface area (Å²) in [4.78, 5) is 21.3. The molecule has 0 aliphatic heterocycles. The Labute approximate surface area is 104 Å². The molecule has 2 nitrogen and oxygen atoms in total. The van der Waals surface area contributed by atoms with Gasteiger partial charge in [0.25, 0.3) is 0 Å². The number of hydrogen-bond donors (Lipinski definition) is 0. The molecule has 0 saturated carbocycles. The minimum Gasteiger partial charge on any atom is -0.298 e. The number of hydrogen-bond acceptors (Lipinski definition) is 2. The van der Waals surface area contributed by atoms with E-state index in [0.717, 1.165) is 11.8 Å². The van der Waals surface area contributed by atoms with Crippen molar-refractivity contribution in [2.24, 2.45) is 0 Å². The molecule has 0 N–H and O–H groups in total. The van der Waals surface area contributed by atoms with E-state index in [1.54, 1.807) is 37.3 Å². The van der Waals surface area contributed by atoms with Gasteiger partial charge in [-0.25, -0.2) is 4.39 Å². The normalized spacial score (nSPS) is 10.1. The van der Waals surface area contributed by atoms with Gasteiger partial charge in [-0.1, -0.05) is 24.3 Å². The predicted octanol–water partition coefficient (Wildman–Crippen LogP) is 3.43. The van der Waals surface area contributed by atoms with Crippen LogP contribution in [0, 0.1) is 12.7 Å². The Hall–Kier alpha value is -2.29. The molecule has 0 aliphatic carbocycles. The maximum Gasteiger partial charge on any atom is 0.150 e. The quantitative estimate of drug-likeness (QED) is 0.773. The fraction of sp³-hybridized carbons (Fsp3) is 0.0667. The molecular formula is C15H11FO2. The van der Waals surface area contributed by atoms with Crippen LogP contribution in [0.25, 0.3) is 11.1 Å². The van der Waals surface area contributed by atoms with Crippen molar-refractivity contribution in [1.29, 1.82) is 0 Å². The molecule has 0 radical (unpaired) electrons. The molecule has 0 atom stereocenters. The summed E-state index contributed by atoms with van der Waals surface area (Å²) >= 11 is 0. The summed E-state index contributed by atoms with van der Waals surface area (Å²) in [5, 5.41) is 0. The smallest absolute Gasteiger partial charge is 0.150 e. The zero-order valence-electron chi connectivity index (χ0n) is 9.81. The van der Waals surface area contributed by atoms with Crippen molar-refractivity contribution >= 4 is 12.6 Å². The van der Waals surface area contributed by atoms with Crippen LogP contribution in [-0.4, -0.2) is 12.6 Å². The second-order valence-corrected chi connectivity index (χ2v) is 4.03. The lowest BCUT2D eigenvalue weighted by molar-refractivity contribution is 0.111. The number of carbonyl (C=O) groups is 2. The monoisotopic (exact) mass is 242 g/mol. The fourth-order valence-corrected chi connectivity index (χ4v) is 1.81. The van der Waals surface area contributed by atoms with Crippen LogP contribution in [0.3, 0.4) is 0 Å². The Balaban J connectivity index is 2.58. The maximum absolute atomic E-state index is 13.6. The first-order valence-corrected chi connectivity index (χ1v) is 5.46. The van der Waals surface area contributed by atoms with E-state index < -0.39 is 5.82 Å². The molecule has 2 aromatic rings. The van der Waals surface area contributed by atoms with Gasteiger partial charge in [-0.15, -0.1) is 0 Å². The maximum atomic E-state index is 13.6. The van der Waals surface area contributed by atoms with Crippen molar-refractivity contribution in [3.63, 3.8) is 0 Å². The highest BCUT2D eigenvalue weighted by molar-refractivity contribution is 5.81. The highest BCUT2D eigenvalue weighted by Crippen LogP contribution is 2.26. The molecule has 18 heavy (non-hydrogen) atoms. The molecular weight excluding hydrogens is 231 g/mol. The van der Waals surface area contributed by atoms with Gasteiger partial charge in [-0.3, -0.25) is 9.59 Å². The third-order valence-corrected chi connectivity index (χ3v) is 2.86. The van der Waals surface area contributed by atoms with Crippen LogP contribution in [0.1, 0.15) is 26.3 Å². The lowest BCUT2D eigenvalue weighted by Crippen LogP contribution is -1.92. The zero-order chi connectivity index (χ0) is 13.1. The van der Waals surface area contributed by atoms with Crippen LogP contribution >= 0.6 is 0 Å².